The van der Waals surface area contributed by atoms with Crippen LogP contribution in [0.1, 0.15) is 51.9 Å². The van der Waals surface area contributed by atoms with Gasteiger partial charge in [0, 0.05) is 58.2 Å². The normalized spacial score (nSPS) is 31.8. The van der Waals surface area contributed by atoms with Crippen LogP contribution in [0.4, 0.5) is 0 Å². The van der Waals surface area contributed by atoms with Crippen molar-refractivity contribution in [3.63, 3.8) is 0 Å². The molecular formula is C21H35N5O2. The average molecular weight is 390 g/mol. The van der Waals surface area contributed by atoms with Crippen LogP contribution < -0.4 is 5.32 Å². The number of hydrogen-bond donors (Lipinski definition) is 1. The van der Waals surface area contributed by atoms with E-state index < -0.39 is 0 Å². The summed E-state index contributed by atoms with van der Waals surface area (Å²) in [6.07, 6.45) is 7.43. The van der Waals surface area contributed by atoms with Crippen LogP contribution in [0.15, 0.2) is 4.99 Å². The van der Waals surface area contributed by atoms with E-state index in [1.165, 1.54) is 30.6 Å². The molecule has 0 aromatic carbocycles. The Morgan fingerprint density at radius 2 is 1.82 bits per heavy atom. The summed E-state index contributed by atoms with van der Waals surface area (Å²) in [4.78, 5) is 35.1. The number of guanidine groups is 1. The molecule has 3 unspecified atom stereocenters. The van der Waals surface area contributed by atoms with Crippen molar-refractivity contribution in [1.82, 2.24) is 20.0 Å². The lowest BCUT2D eigenvalue weighted by Crippen LogP contribution is -2.55. The molecule has 0 aromatic rings. The number of amides is 2. The summed E-state index contributed by atoms with van der Waals surface area (Å²) in [5, 5.41) is 3.39. The molecule has 0 aromatic heterocycles. The molecule has 2 amide bonds. The third-order valence-corrected chi connectivity index (χ3v) is 7.09. The van der Waals surface area contributed by atoms with Gasteiger partial charge >= 0.3 is 0 Å². The second-order valence-electron chi connectivity index (χ2n) is 8.79. The molecule has 7 nitrogen and oxygen atoms in total. The zero-order valence-corrected chi connectivity index (χ0v) is 17.2. The third-order valence-electron chi connectivity index (χ3n) is 7.09. The number of aliphatic imine (C=N–C) groups is 1. The maximum atomic E-state index is 11.9. The maximum Gasteiger partial charge on any atom is 0.229 e. The van der Waals surface area contributed by atoms with E-state index in [2.05, 4.69) is 22.0 Å². The number of likely N-dealkylation sites (tertiary alicyclic amines) is 1. The van der Waals surface area contributed by atoms with E-state index in [9.17, 15) is 9.59 Å². The van der Waals surface area contributed by atoms with Crippen LogP contribution in [-0.2, 0) is 9.59 Å². The van der Waals surface area contributed by atoms with Gasteiger partial charge in [-0.25, -0.2) is 0 Å². The number of carbonyl (C=O) groups is 2. The molecule has 7 heteroatoms. The summed E-state index contributed by atoms with van der Waals surface area (Å²) in [5.74, 6) is 2.77. The Morgan fingerprint density at radius 3 is 2.43 bits per heavy atom. The summed E-state index contributed by atoms with van der Waals surface area (Å²) in [5.41, 5.74) is 0. The molecule has 2 saturated carbocycles. The van der Waals surface area contributed by atoms with Crippen molar-refractivity contribution in [1.29, 1.82) is 0 Å². The number of carbonyl (C=O) groups excluding carboxylic acids is 2. The topological polar surface area (TPSA) is 68.2 Å². The zero-order valence-electron chi connectivity index (χ0n) is 17.2. The zero-order chi connectivity index (χ0) is 19.5. The smallest absolute Gasteiger partial charge is 0.229 e. The van der Waals surface area contributed by atoms with Gasteiger partial charge in [0.15, 0.2) is 5.96 Å². The van der Waals surface area contributed by atoms with E-state index in [0.29, 0.717) is 32.4 Å². The Balaban J connectivity index is 1.29. The van der Waals surface area contributed by atoms with Crippen LogP contribution in [0.2, 0.25) is 0 Å². The Kier molecular flexibility index (Phi) is 6.19. The molecule has 1 N–H and O–H groups in total. The molecule has 2 aliphatic heterocycles. The lowest BCUT2D eigenvalue weighted by molar-refractivity contribution is -0.147. The van der Waals surface area contributed by atoms with Gasteiger partial charge in [-0.3, -0.25) is 24.4 Å². The van der Waals surface area contributed by atoms with Gasteiger partial charge in [0.25, 0.3) is 0 Å². The van der Waals surface area contributed by atoms with E-state index >= 15 is 0 Å². The molecule has 4 fully saturated rings. The van der Waals surface area contributed by atoms with E-state index in [0.717, 1.165) is 56.6 Å². The van der Waals surface area contributed by atoms with Crippen molar-refractivity contribution in [3.05, 3.63) is 0 Å². The molecular weight excluding hydrogens is 354 g/mol. The Morgan fingerprint density at radius 1 is 1.07 bits per heavy atom. The van der Waals surface area contributed by atoms with E-state index in [4.69, 9.17) is 4.99 Å². The van der Waals surface area contributed by atoms with Gasteiger partial charge in [-0.05, 0) is 44.4 Å². The monoisotopic (exact) mass is 389 g/mol. The van der Waals surface area contributed by atoms with Gasteiger partial charge in [-0.1, -0.05) is 6.42 Å². The fraction of sp³-hybridized carbons (Fsp3) is 0.857. The number of nitrogens with zero attached hydrogens (tertiary/aromatic N) is 4. The van der Waals surface area contributed by atoms with Gasteiger partial charge < -0.3 is 10.2 Å². The molecule has 0 spiro atoms. The van der Waals surface area contributed by atoms with Crippen molar-refractivity contribution in [2.45, 2.75) is 57.9 Å². The molecule has 2 aliphatic carbocycles. The summed E-state index contributed by atoms with van der Waals surface area (Å²) in [7, 11) is 0. The Bertz CT molecular complexity index is 598. The van der Waals surface area contributed by atoms with Crippen molar-refractivity contribution < 1.29 is 9.59 Å². The summed E-state index contributed by atoms with van der Waals surface area (Å²) in [6, 6.07) is 0.816. The molecule has 3 atom stereocenters. The van der Waals surface area contributed by atoms with E-state index in [1.807, 2.05) is 0 Å². The SMILES string of the molecule is CCNC(=NCCN1C(=O)CCCC1=O)N1CCN(C2CC3CCC2C3)CC1. The molecule has 2 heterocycles. The van der Waals surface area contributed by atoms with E-state index in [1.54, 1.807) is 0 Å². The number of fused-ring (bicyclic) bond motifs is 2. The first-order chi connectivity index (χ1) is 13.7. The summed E-state index contributed by atoms with van der Waals surface area (Å²) in [6.45, 7) is 8.02. The number of piperidine rings is 1. The quantitative estimate of drug-likeness (QED) is 0.436. The molecule has 0 radical (unpaired) electrons. The van der Waals surface area contributed by atoms with Crippen LogP contribution in [0.5, 0.6) is 0 Å². The second kappa shape index (κ2) is 8.80. The number of imide groups is 1. The second-order valence-corrected chi connectivity index (χ2v) is 8.79. The molecule has 2 saturated heterocycles. The summed E-state index contributed by atoms with van der Waals surface area (Å²) >= 11 is 0. The van der Waals surface area contributed by atoms with Crippen molar-refractivity contribution in [2.24, 2.45) is 16.8 Å². The van der Waals surface area contributed by atoms with Gasteiger partial charge in [-0.15, -0.1) is 0 Å². The van der Waals surface area contributed by atoms with Crippen molar-refractivity contribution >= 4 is 17.8 Å². The minimum atomic E-state index is -0.0454. The molecule has 4 rings (SSSR count). The highest BCUT2D eigenvalue weighted by molar-refractivity contribution is 5.97. The van der Waals surface area contributed by atoms with Gasteiger partial charge in [-0.2, -0.15) is 0 Å². The highest BCUT2D eigenvalue weighted by atomic mass is 16.2. The van der Waals surface area contributed by atoms with E-state index in [-0.39, 0.29) is 11.8 Å². The standard InChI is InChI=1S/C21H35N5O2/c1-2-22-21(23-8-9-26-19(27)4-3-5-20(26)28)25-12-10-24(11-13-25)18-15-16-6-7-17(18)14-16/h16-18H,2-15H2,1H3,(H,22,23). The molecule has 28 heavy (non-hydrogen) atoms. The van der Waals surface area contributed by atoms with Crippen LogP contribution in [0.3, 0.4) is 0 Å². The van der Waals surface area contributed by atoms with Crippen molar-refractivity contribution in [2.75, 3.05) is 45.8 Å². The number of piperazine rings is 1. The lowest BCUT2D eigenvalue weighted by atomic mass is 9.93. The largest absolute Gasteiger partial charge is 0.357 e. The number of rotatable bonds is 5. The van der Waals surface area contributed by atoms with Crippen LogP contribution in [-0.4, -0.2) is 84.3 Å². The molecule has 156 valence electrons. The number of nitrogens with one attached hydrogen (secondary N) is 1. The first-order valence-corrected chi connectivity index (χ1v) is 11.3. The average Bonchev–Trinajstić information content (AvgIpc) is 3.33. The number of hydrogen-bond acceptors (Lipinski definition) is 4. The lowest BCUT2D eigenvalue weighted by Gasteiger charge is -2.42. The van der Waals surface area contributed by atoms with Crippen LogP contribution in [0, 0.1) is 11.8 Å². The minimum Gasteiger partial charge on any atom is -0.357 e. The third kappa shape index (κ3) is 4.19. The minimum absolute atomic E-state index is 0.0454. The highest BCUT2D eigenvalue weighted by Gasteiger charge is 2.42. The van der Waals surface area contributed by atoms with Crippen LogP contribution in [0.25, 0.3) is 0 Å². The first kappa shape index (κ1) is 19.7. The molecule has 2 bridgehead atoms. The fourth-order valence-corrected chi connectivity index (χ4v) is 5.65. The predicted molar refractivity (Wildman–Crippen MR) is 109 cm³/mol. The van der Waals surface area contributed by atoms with Gasteiger partial charge in [0.1, 0.15) is 0 Å². The molecule has 4 aliphatic rings. The van der Waals surface area contributed by atoms with Gasteiger partial charge in [0.2, 0.25) is 11.8 Å². The highest BCUT2D eigenvalue weighted by Crippen LogP contribution is 2.46. The predicted octanol–water partition coefficient (Wildman–Crippen LogP) is 1.30. The maximum absolute atomic E-state index is 11.9. The Labute approximate surface area is 168 Å². The van der Waals surface area contributed by atoms with Gasteiger partial charge in [0.05, 0.1) is 6.54 Å². The summed E-state index contributed by atoms with van der Waals surface area (Å²) < 4.78 is 0. The Hall–Kier alpha value is -1.63. The van der Waals surface area contributed by atoms with Crippen LogP contribution >= 0.6 is 0 Å². The fourth-order valence-electron chi connectivity index (χ4n) is 5.65. The van der Waals surface area contributed by atoms with Crippen molar-refractivity contribution in [3.8, 4) is 0 Å². The first-order valence-electron chi connectivity index (χ1n) is 11.3.